The van der Waals surface area contributed by atoms with E-state index >= 15 is 0 Å². The summed E-state index contributed by atoms with van der Waals surface area (Å²) in [6.07, 6.45) is 4.13. The number of aliphatic hydroxyl groups is 1. The second-order valence-electron chi connectivity index (χ2n) is 4.50. The lowest BCUT2D eigenvalue weighted by Crippen LogP contribution is -2.28. The van der Waals surface area contributed by atoms with Crippen LogP contribution in [0.3, 0.4) is 0 Å². The average molecular weight is 227 g/mol. The van der Waals surface area contributed by atoms with Crippen molar-refractivity contribution in [2.24, 2.45) is 5.41 Å². The Balaban J connectivity index is 1.84. The molecule has 0 bridgehead atoms. The summed E-state index contributed by atoms with van der Waals surface area (Å²) in [5, 5.41) is 9.85. The third kappa shape index (κ3) is 2.68. The summed E-state index contributed by atoms with van der Waals surface area (Å²) in [7, 11) is 2.08. The van der Waals surface area contributed by atoms with Crippen LogP contribution in [0.5, 0.6) is 0 Å². The first-order chi connectivity index (χ1) is 7.13. The van der Waals surface area contributed by atoms with Crippen LogP contribution in [0.25, 0.3) is 0 Å². The molecular weight excluding hydrogens is 210 g/mol. The van der Waals surface area contributed by atoms with E-state index in [0.717, 1.165) is 25.9 Å². The number of nitrogens with two attached hydrogens (primary N) is 1. The molecule has 1 heterocycles. The first-order valence-corrected chi connectivity index (χ1v) is 5.95. The van der Waals surface area contributed by atoms with Gasteiger partial charge in [0.15, 0.2) is 5.13 Å². The van der Waals surface area contributed by atoms with Crippen molar-refractivity contribution in [3.63, 3.8) is 0 Å². The highest BCUT2D eigenvalue weighted by Crippen LogP contribution is 2.45. The molecular formula is C10H17N3OS. The van der Waals surface area contributed by atoms with E-state index in [-0.39, 0.29) is 5.41 Å². The third-order valence-corrected chi connectivity index (χ3v) is 3.71. The molecule has 0 saturated heterocycles. The van der Waals surface area contributed by atoms with Gasteiger partial charge in [-0.15, -0.1) is 11.3 Å². The first-order valence-electron chi connectivity index (χ1n) is 5.13. The lowest BCUT2D eigenvalue weighted by Gasteiger charge is -2.21. The van der Waals surface area contributed by atoms with Gasteiger partial charge in [0.25, 0.3) is 0 Å². The Morgan fingerprint density at radius 1 is 1.67 bits per heavy atom. The Labute approximate surface area is 93.7 Å². The maximum Gasteiger partial charge on any atom is 0.180 e. The Bertz CT molecular complexity index is 335. The summed E-state index contributed by atoms with van der Waals surface area (Å²) in [5.74, 6) is 0. The number of nitrogen functional groups attached to an aromatic ring is 1. The van der Waals surface area contributed by atoms with Gasteiger partial charge in [-0.1, -0.05) is 0 Å². The molecule has 0 unspecified atom stereocenters. The molecule has 1 aromatic heterocycles. The zero-order valence-electron chi connectivity index (χ0n) is 8.94. The van der Waals surface area contributed by atoms with Gasteiger partial charge in [0.1, 0.15) is 0 Å². The Morgan fingerprint density at radius 2 is 2.40 bits per heavy atom. The number of rotatable bonds is 5. The summed E-state index contributed by atoms with van der Waals surface area (Å²) in [6.45, 7) is 2.14. The SMILES string of the molecule is CN(Cc1cnc(N)s1)CC1(CO)CC1. The fourth-order valence-corrected chi connectivity index (χ4v) is 2.60. The minimum Gasteiger partial charge on any atom is -0.396 e. The highest BCUT2D eigenvalue weighted by molar-refractivity contribution is 7.15. The monoisotopic (exact) mass is 227 g/mol. The van der Waals surface area contributed by atoms with Crippen molar-refractivity contribution < 1.29 is 5.11 Å². The number of hydrogen-bond acceptors (Lipinski definition) is 5. The maximum absolute atomic E-state index is 9.22. The molecule has 3 N–H and O–H groups in total. The van der Waals surface area contributed by atoms with Crippen LogP contribution in [0, 0.1) is 5.41 Å². The van der Waals surface area contributed by atoms with E-state index in [1.54, 1.807) is 0 Å². The molecule has 1 fully saturated rings. The number of anilines is 1. The van der Waals surface area contributed by atoms with Gasteiger partial charge in [-0.3, -0.25) is 0 Å². The Hall–Kier alpha value is -0.650. The van der Waals surface area contributed by atoms with Crippen LogP contribution in [0.1, 0.15) is 17.7 Å². The standard InChI is InChI=1S/C10H17N3OS/c1-13(6-10(7-14)2-3-10)5-8-4-12-9(11)15-8/h4,14H,2-3,5-7H2,1H3,(H2,11,12). The normalized spacial score (nSPS) is 18.3. The molecule has 0 aromatic carbocycles. The predicted octanol–water partition coefficient (Wildman–Crippen LogP) is 0.930. The molecule has 1 aliphatic carbocycles. The molecule has 0 spiro atoms. The topological polar surface area (TPSA) is 62.4 Å². The van der Waals surface area contributed by atoms with Crippen LogP contribution in [0.2, 0.25) is 0 Å². The van der Waals surface area contributed by atoms with Crippen molar-refractivity contribution in [2.45, 2.75) is 19.4 Å². The van der Waals surface area contributed by atoms with E-state index in [9.17, 15) is 5.11 Å². The molecule has 1 saturated carbocycles. The van der Waals surface area contributed by atoms with Crippen molar-refractivity contribution in [3.8, 4) is 0 Å². The van der Waals surface area contributed by atoms with Crippen molar-refractivity contribution in [2.75, 3.05) is 25.9 Å². The van der Waals surface area contributed by atoms with Crippen molar-refractivity contribution in [1.29, 1.82) is 0 Å². The largest absolute Gasteiger partial charge is 0.396 e. The summed E-state index contributed by atoms with van der Waals surface area (Å²) in [5.41, 5.74) is 5.75. The summed E-state index contributed by atoms with van der Waals surface area (Å²) in [4.78, 5) is 7.44. The van der Waals surface area contributed by atoms with E-state index in [0.29, 0.717) is 11.7 Å². The van der Waals surface area contributed by atoms with Crippen LogP contribution in [-0.2, 0) is 6.54 Å². The van der Waals surface area contributed by atoms with Gasteiger partial charge < -0.3 is 15.7 Å². The zero-order valence-corrected chi connectivity index (χ0v) is 9.76. The van der Waals surface area contributed by atoms with E-state index in [2.05, 4.69) is 16.9 Å². The molecule has 15 heavy (non-hydrogen) atoms. The molecule has 0 amide bonds. The number of aromatic nitrogens is 1. The lowest BCUT2D eigenvalue weighted by atomic mass is 10.1. The molecule has 2 rings (SSSR count). The van der Waals surface area contributed by atoms with Crippen LogP contribution < -0.4 is 5.73 Å². The van der Waals surface area contributed by atoms with E-state index in [1.165, 1.54) is 16.2 Å². The summed E-state index contributed by atoms with van der Waals surface area (Å²) in [6, 6.07) is 0. The fraction of sp³-hybridized carbons (Fsp3) is 0.700. The van der Waals surface area contributed by atoms with Gasteiger partial charge in [0.05, 0.1) is 0 Å². The van der Waals surface area contributed by atoms with E-state index in [1.807, 2.05) is 6.20 Å². The van der Waals surface area contributed by atoms with Crippen LogP contribution >= 0.6 is 11.3 Å². The molecule has 1 aromatic rings. The highest BCUT2D eigenvalue weighted by atomic mass is 32.1. The zero-order chi connectivity index (χ0) is 10.9. The quantitative estimate of drug-likeness (QED) is 0.785. The van der Waals surface area contributed by atoms with E-state index < -0.39 is 0 Å². The smallest absolute Gasteiger partial charge is 0.180 e. The number of hydrogen-bond donors (Lipinski definition) is 2. The highest BCUT2D eigenvalue weighted by Gasteiger charge is 2.42. The van der Waals surface area contributed by atoms with Crippen molar-refractivity contribution in [3.05, 3.63) is 11.1 Å². The number of aliphatic hydroxyl groups excluding tert-OH is 1. The van der Waals surface area contributed by atoms with Gasteiger partial charge in [0.2, 0.25) is 0 Å². The first kappa shape index (κ1) is 10.9. The van der Waals surface area contributed by atoms with Crippen LogP contribution in [0.15, 0.2) is 6.20 Å². The average Bonchev–Trinajstić information content (AvgIpc) is 2.84. The van der Waals surface area contributed by atoms with Gasteiger partial charge >= 0.3 is 0 Å². The maximum atomic E-state index is 9.22. The molecule has 0 atom stereocenters. The molecule has 1 aliphatic rings. The second-order valence-corrected chi connectivity index (χ2v) is 5.64. The Kier molecular flexibility index (Phi) is 2.95. The lowest BCUT2D eigenvalue weighted by molar-refractivity contribution is 0.161. The van der Waals surface area contributed by atoms with E-state index in [4.69, 9.17) is 5.73 Å². The molecule has 4 nitrogen and oxygen atoms in total. The molecule has 5 heteroatoms. The van der Waals surface area contributed by atoms with Crippen LogP contribution in [-0.4, -0.2) is 35.2 Å². The molecule has 84 valence electrons. The van der Waals surface area contributed by atoms with Gasteiger partial charge in [0, 0.05) is 36.2 Å². The fourth-order valence-electron chi connectivity index (χ4n) is 1.83. The number of thiazole rings is 1. The second kappa shape index (κ2) is 4.08. The van der Waals surface area contributed by atoms with Gasteiger partial charge in [-0.25, -0.2) is 4.98 Å². The van der Waals surface area contributed by atoms with Crippen molar-refractivity contribution in [1.82, 2.24) is 9.88 Å². The predicted molar refractivity (Wildman–Crippen MR) is 61.6 cm³/mol. The number of nitrogens with zero attached hydrogens (tertiary/aromatic N) is 2. The minimum atomic E-state index is 0.185. The summed E-state index contributed by atoms with van der Waals surface area (Å²) < 4.78 is 0. The minimum absolute atomic E-state index is 0.185. The van der Waals surface area contributed by atoms with Gasteiger partial charge in [-0.2, -0.15) is 0 Å². The van der Waals surface area contributed by atoms with Crippen molar-refractivity contribution >= 4 is 16.5 Å². The molecule has 0 radical (unpaired) electrons. The molecule has 0 aliphatic heterocycles. The Morgan fingerprint density at radius 3 is 2.87 bits per heavy atom. The van der Waals surface area contributed by atoms with Gasteiger partial charge in [-0.05, 0) is 19.9 Å². The summed E-state index contributed by atoms with van der Waals surface area (Å²) >= 11 is 1.53. The third-order valence-electron chi connectivity index (χ3n) is 2.90. The van der Waals surface area contributed by atoms with Crippen LogP contribution in [0.4, 0.5) is 5.13 Å².